The van der Waals surface area contributed by atoms with Crippen molar-refractivity contribution >= 4 is 15.9 Å². The largest absolute Gasteiger partial charge is 0.481 e. The van der Waals surface area contributed by atoms with Crippen molar-refractivity contribution in [1.29, 1.82) is 0 Å². The molecular formula is C9H13BrN2O. The van der Waals surface area contributed by atoms with E-state index in [1.165, 1.54) is 0 Å². The summed E-state index contributed by atoms with van der Waals surface area (Å²) in [5, 5.41) is 0. The number of rotatable bonds is 3. The van der Waals surface area contributed by atoms with E-state index in [1.807, 2.05) is 13.0 Å². The van der Waals surface area contributed by atoms with Gasteiger partial charge in [0.15, 0.2) is 0 Å². The molecule has 1 rings (SSSR count). The van der Waals surface area contributed by atoms with E-state index in [9.17, 15) is 0 Å². The molecule has 0 radical (unpaired) electrons. The molecule has 0 saturated heterocycles. The third-order valence-electron chi connectivity index (χ3n) is 1.92. The summed E-state index contributed by atoms with van der Waals surface area (Å²) in [6.45, 7) is 2.64. The normalized spacial score (nSPS) is 12.6. The molecule has 1 unspecified atom stereocenters. The maximum absolute atomic E-state index is 5.58. The molecule has 0 spiro atoms. The van der Waals surface area contributed by atoms with Crippen LogP contribution in [-0.4, -0.2) is 18.6 Å². The number of methoxy groups -OCH3 is 1. The van der Waals surface area contributed by atoms with E-state index in [-0.39, 0.29) is 5.92 Å². The number of halogens is 1. The Balaban J connectivity index is 3.07. The number of pyridine rings is 1. The molecule has 4 heteroatoms. The number of nitrogens with zero attached hydrogens (tertiary/aromatic N) is 1. The van der Waals surface area contributed by atoms with E-state index >= 15 is 0 Å². The van der Waals surface area contributed by atoms with Gasteiger partial charge in [-0.3, -0.25) is 0 Å². The lowest BCUT2D eigenvalue weighted by Gasteiger charge is -2.12. The van der Waals surface area contributed by atoms with Crippen LogP contribution in [0.1, 0.15) is 18.4 Å². The van der Waals surface area contributed by atoms with E-state index in [0.717, 1.165) is 10.0 Å². The van der Waals surface area contributed by atoms with Crippen LogP contribution in [0.15, 0.2) is 16.7 Å². The monoisotopic (exact) mass is 244 g/mol. The Labute approximate surface area is 86.4 Å². The van der Waals surface area contributed by atoms with Gasteiger partial charge in [-0.1, -0.05) is 6.92 Å². The van der Waals surface area contributed by atoms with E-state index in [1.54, 1.807) is 13.3 Å². The van der Waals surface area contributed by atoms with Gasteiger partial charge in [-0.2, -0.15) is 0 Å². The van der Waals surface area contributed by atoms with Gasteiger partial charge in [-0.25, -0.2) is 4.98 Å². The third kappa shape index (κ3) is 2.42. The van der Waals surface area contributed by atoms with Gasteiger partial charge >= 0.3 is 0 Å². The number of nitrogens with two attached hydrogens (primary N) is 1. The molecule has 2 N–H and O–H groups in total. The van der Waals surface area contributed by atoms with Crippen molar-refractivity contribution in [2.75, 3.05) is 13.7 Å². The van der Waals surface area contributed by atoms with Gasteiger partial charge in [0.2, 0.25) is 5.88 Å². The number of hydrogen-bond acceptors (Lipinski definition) is 3. The van der Waals surface area contributed by atoms with Gasteiger partial charge < -0.3 is 10.5 Å². The first-order chi connectivity index (χ1) is 6.19. The molecule has 0 aromatic carbocycles. The molecule has 13 heavy (non-hydrogen) atoms. The number of ether oxygens (including phenoxy) is 1. The van der Waals surface area contributed by atoms with Crippen molar-refractivity contribution in [1.82, 2.24) is 4.98 Å². The second-order valence-electron chi connectivity index (χ2n) is 2.89. The molecule has 1 heterocycles. The maximum Gasteiger partial charge on any atom is 0.216 e. The summed E-state index contributed by atoms with van der Waals surface area (Å²) in [5.74, 6) is 0.918. The minimum Gasteiger partial charge on any atom is -0.481 e. The van der Waals surface area contributed by atoms with Crippen molar-refractivity contribution in [2.24, 2.45) is 5.73 Å². The van der Waals surface area contributed by atoms with Crippen molar-refractivity contribution in [3.63, 3.8) is 0 Å². The molecule has 0 aliphatic rings. The topological polar surface area (TPSA) is 48.1 Å². The van der Waals surface area contributed by atoms with Crippen LogP contribution in [-0.2, 0) is 0 Å². The summed E-state index contributed by atoms with van der Waals surface area (Å²) >= 11 is 3.36. The highest BCUT2D eigenvalue weighted by Gasteiger charge is 2.11. The molecular weight excluding hydrogens is 232 g/mol. The second kappa shape index (κ2) is 4.58. The zero-order valence-corrected chi connectivity index (χ0v) is 9.34. The molecule has 0 fully saturated rings. The predicted octanol–water partition coefficient (Wildman–Crippen LogP) is 1.91. The maximum atomic E-state index is 5.58. The fourth-order valence-corrected chi connectivity index (χ4v) is 1.44. The summed E-state index contributed by atoms with van der Waals surface area (Å²) in [5.41, 5.74) is 6.62. The average molecular weight is 245 g/mol. The molecule has 0 amide bonds. The SMILES string of the molecule is COc1ncc(Br)cc1C(C)CN. The minimum atomic E-state index is 0.264. The lowest BCUT2D eigenvalue weighted by Crippen LogP contribution is -2.10. The Bertz CT molecular complexity index is 291. The highest BCUT2D eigenvalue weighted by Crippen LogP contribution is 2.26. The Hall–Kier alpha value is -0.610. The van der Waals surface area contributed by atoms with Gasteiger partial charge in [0, 0.05) is 16.2 Å². The molecule has 3 nitrogen and oxygen atoms in total. The Kier molecular flexibility index (Phi) is 3.69. The summed E-state index contributed by atoms with van der Waals surface area (Å²) in [6.07, 6.45) is 1.71. The molecule has 0 bridgehead atoms. The van der Waals surface area contributed by atoms with Crippen LogP contribution in [0.25, 0.3) is 0 Å². The second-order valence-corrected chi connectivity index (χ2v) is 3.80. The highest BCUT2D eigenvalue weighted by atomic mass is 79.9. The van der Waals surface area contributed by atoms with Crippen molar-refractivity contribution in [3.8, 4) is 5.88 Å². The van der Waals surface area contributed by atoms with Gasteiger partial charge in [-0.15, -0.1) is 0 Å². The average Bonchev–Trinajstić information content (AvgIpc) is 2.16. The molecule has 0 aliphatic heterocycles. The number of hydrogen-bond donors (Lipinski definition) is 1. The van der Waals surface area contributed by atoms with E-state index in [2.05, 4.69) is 20.9 Å². The first kappa shape index (κ1) is 10.5. The molecule has 0 aliphatic carbocycles. The Morgan fingerprint density at radius 1 is 1.69 bits per heavy atom. The summed E-state index contributed by atoms with van der Waals surface area (Å²) < 4.78 is 6.08. The van der Waals surface area contributed by atoms with Crippen LogP contribution in [0.4, 0.5) is 0 Å². The third-order valence-corrected chi connectivity index (χ3v) is 2.36. The standard InChI is InChI=1S/C9H13BrN2O/c1-6(4-11)8-3-7(10)5-12-9(8)13-2/h3,5-6H,4,11H2,1-2H3. The Morgan fingerprint density at radius 2 is 2.38 bits per heavy atom. The van der Waals surface area contributed by atoms with Crippen molar-refractivity contribution < 1.29 is 4.74 Å². The zero-order chi connectivity index (χ0) is 9.84. The van der Waals surface area contributed by atoms with E-state index in [4.69, 9.17) is 10.5 Å². The van der Waals surface area contributed by atoms with Gasteiger partial charge in [-0.05, 0) is 34.5 Å². The van der Waals surface area contributed by atoms with Crippen LogP contribution in [0.3, 0.4) is 0 Å². The minimum absolute atomic E-state index is 0.264. The van der Waals surface area contributed by atoms with Crippen LogP contribution in [0.2, 0.25) is 0 Å². The molecule has 1 atom stereocenters. The fraction of sp³-hybridized carbons (Fsp3) is 0.444. The number of aromatic nitrogens is 1. The summed E-state index contributed by atoms with van der Waals surface area (Å²) in [6, 6.07) is 1.99. The Morgan fingerprint density at radius 3 is 2.92 bits per heavy atom. The van der Waals surface area contributed by atoms with Crippen LogP contribution in [0, 0.1) is 0 Å². The molecule has 0 saturated carbocycles. The zero-order valence-electron chi connectivity index (χ0n) is 7.75. The molecule has 1 aromatic heterocycles. The molecule has 1 aromatic rings. The fourth-order valence-electron chi connectivity index (χ4n) is 1.09. The lowest BCUT2D eigenvalue weighted by molar-refractivity contribution is 0.389. The van der Waals surface area contributed by atoms with Crippen molar-refractivity contribution in [3.05, 3.63) is 22.3 Å². The van der Waals surface area contributed by atoms with Crippen LogP contribution >= 0.6 is 15.9 Å². The van der Waals surface area contributed by atoms with Crippen molar-refractivity contribution in [2.45, 2.75) is 12.8 Å². The van der Waals surface area contributed by atoms with Crippen LogP contribution in [0.5, 0.6) is 5.88 Å². The quantitative estimate of drug-likeness (QED) is 0.884. The summed E-state index contributed by atoms with van der Waals surface area (Å²) in [4.78, 5) is 4.14. The van der Waals surface area contributed by atoms with E-state index in [0.29, 0.717) is 12.4 Å². The van der Waals surface area contributed by atoms with Gasteiger partial charge in [0.25, 0.3) is 0 Å². The summed E-state index contributed by atoms with van der Waals surface area (Å²) in [7, 11) is 1.61. The predicted molar refractivity (Wildman–Crippen MR) is 56.0 cm³/mol. The van der Waals surface area contributed by atoms with Gasteiger partial charge in [0.1, 0.15) is 0 Å². The van der Waals surface area contributed by atoms with E-state index < -0.39 is 0 Å². The molecule has 72 valence electrons. The lowest BCUT2D eigenvalue weighted by atomic mass is 10.0. The van der Waals surface area contributed by atoms with Crippen LogP contribution < -0.4 is 10.5 Å². The highest BCUT2D eigenvalue weighted by molar-refractivity contribution is 9.10. The first-order valence-corrected chi connectivity index (χ1v) is 4.87. The smallest absolute Gasteiger partial charge is 0.216 e. The van der Waals surface area contributed by atoms with Gasteiger partial charge in [0.05, 0.1) is 7.11 Å². The first-order valence-electron chi connectivity index (χ1n) is 4.08.